The Morgan fingerprint density at radius 1 is 1.47 bits per heavy atom. The molecule has 1 aromatic rings. The number of alkyl halides is 2. The Bertz CT molecular complexity index is 418. The van der Waals surface area contributed by atoms with E-state index in [-0.39, 0.29) is 12.2 Å². The first-order valence-corrected chi connectivity index (χ1v) is 5.49. The molecule has 0 aliphatic rings. The normalized spacial score (nSPS) is 11.1. The van der Waals surface area contributed by atoms with Crippen LogP contribution in [0.2, 0.25) is 0 Å². The standard InChI is InChI=1S/C11H16F2N2O2/c1-3-8-7(2)14-10(15-11(8)16)4-5-17-6-9(12)13/h9H,3-6H2,1-2H3,(H,14,15,16). The van der Waals surface area contributed by atoms with E-state index in [9.17, 15) is 13.6 Å². The predicted molar refractivity (Wildman–Crippen MR) is 59.5 cm³/mol. The molecule has 6 heteroatoms. The first-order chi connectivity index (χ1) is 8.04. The summed E-state index contributed by atoms with van der Waals surface area (Å²) in [6.45, 7) is 3.18. The van der Waals surface area contributed by atoms with Crippen molar-refractivity contribution in [3.05, 3.63) is 27.4 Å². The number of aromatic nitrogens is 2. The molecule has 4 nitrogen and oxygen atoms in total. The van der Waals surface area contributed by atoms with E-state index in [1.165, 1.54) is 0 Å². The Labute approximate surface area is 98.0 Å². The molecule has 0 atom stereocenters. The summed E-state index contributed by atoms with van der Waals surface area (Å²) in [6, 6.07) is 0. The van der Waals surface area contributed by atoms with Crippen molar-refractivity contribution in [3.8, 4) is 0 Å². The fraction of sp³-hybridized carbons (Fsp3) is 0.636. The maximum atomic E-state index is 11.8. The zero-order valence-electron chi connectivity index (χ0n) is 9.93. The molecule has 0 aliphatic heterocycles. The monoisotopic (exact) mass is 246 g/mol. The molecule has 1 heterocycles. The van der Waals surface area contributed by atoms with Crippen LogP contribution in [0.1, 0.15) is 24.0 Å². The van der Waals surface area contributed by atoms with Crippen LogP contribution in [0.25, 0.3) is 0 Å². The van der Waals surface area contributed by atoms with Gasteiger partial charge in [0.2, 0.25) is 0 Å². The van der Waals surface area contributed by atoms with E-state index < -0.39 is 13.0 Å². The number of rotatable bonds is 6. The number of aromatic amines is 1. The average Bonchev–Trinajstić information content (AvgIpc) is 2.24. The second kappa shape index (κ2) is 6.44. The highest BCUT2D eigenvalue weighted by Crippen LogP contribution is 2.01. The minimum absolute atomic E-state index is 0.123. The third-order valence-corrected chi connectivity index (χ3v) is 2.35. The zero-order valence-corrected chi connectivity index (χ0v) is 9.93. The Kier molecular flexibility index (Phi) is 5.21. The smallest absolute Gasteiger partial charge is 0.261 e. The number of H-pyrrole nitrogens is 1. The Balaban J connectivity index is 2.58. The molecule has 0 fully saturated rings. The molecule has 1 N–H and O–H groups in total. The second-order valence-corrected chi connectivity index (χ2v) is 3.65. The number of hydrogen-bond donors (Lipinski definition) is 1. The lowest BCUT2D eigenvalue weighted by atomic mass is 10.2. The molecule has 0 radical (unpaired) electrons. The van der Waals surface area contributed by atoms with Crippen LogP contribution < -0.4 is 5.56 Å². The van der Waals surface area contributed by atoms with Gasteiger partial charge in [-0.2, -0.15) is 0 Å². The molecule has 17 heavy (non-hydrogen) atoms. The molecular weight excluding hydrogens is 230 g/mol. The fourth-order valence-corrected chi connectivity index (χ4v) is 1.54. The predicted octanol–water partition coefficient (Wildman–Crippen LogP) is 1.46. The molecule has 1 aromatic heterocycles. The summed E-state index contributed by atoms with van der Waals surface area (Å²) in [6.07, 6.45) is -1.52. The van der Waals surface area contributed by atoms with E-state index >= 15 is 0 Å². The molecule has 0 saturated heterocycles. The summed E-state index contributed by atoms with van der Waals surface area (Å²) >= 11 is 0. The van der Waals surface area contributed by atoms with Gasteiger partial charge in [-0.3, -0.25) is 4.79 Å². The first kappa shape index (κ1) is 13.8. The van der Waals surface area contributed by atoms with Gasteiger partial charge in [0.15, 0.2) is 0 Å². The van der Waals surface area contributed by atoms with Gasteiger partial charge in [-0.1, -0.05) is 6.92 Å². The Hall–Kier alpha value is -1.30. The topological polar surface area (TPSA) is 55.0 Å². The van der Waals surface area contributed by atoms with Crippen LogP contribution in [-0.4, -0.2) is 29.6 Å². The number of hydrogen-bond acceptors (Lipinski definition) is 3. The minimum Gasteiger partial charge on any atom is -0.375 e. The van der Waals surface area contributed by atoms with Gasteiger partial charge in [-0.15, -0.1) is 0 Å². The third kappa shape index (κ3) is 4.22. The summed E-state index contributed by atoms with van der Waals surface area (Å²) in [5.74, 6) is 0.471. The number of nitrogens with zero attached hydrogens (tertiary/aromatic N) is 1. The van der Waals surface area contributed by atoms with Crippen molar-refractivity contribution in [1.82, 2.24) is 9.97 Å². The van der Waals surface area contributed by atoms with Gasteiger partial charge < -0.3 is 9.72 Å². The summed E-state index contributed by atoms with van der Waals surface area (Å²) in [4.78, 5) is 18.4. The summed E-state index contributed by atoms with van der Waals surface area (Å²) < 4.78 is 28.3. The molecule has 0 bridgehead atoms. The maximum Gasteiger partial charge on any atom is 0.261 e. The molecule has 0 spiro atoms. The lowest BCUT2D eigenvalue weighted by molar-refractivity contribution is 0.0182. The van der Waals surface area contributed by atoms with Crippen molar-refractivity contribution in [3.63, 3.8) is 0 Å². The van der Waals surface area contributed by atoms with Crippen LogP contribution in [0.15, 0.2) is 4.79 Å². The van der Waals surface area contributed by atoms with E-state index in [0.717, 1.165) is 0 Å². The van der Waals surface area contributed by atoms with Gasteiger partial charge >= 0.3 is 0 Å². The molecule has 96 valence electrons. The third-order valence-electron chi connectivity index (χ3n) is 2.35. The van der Waals surface area contributed by atoms with Crippen molar-refractivity contribution in [2.45, 2.75) is 33.1 Å². The molecule has 0 aromatic carbocycles. The van der Waals surface area contributed by atoms with Gasteiger partial charge in [-0.05, 0) is 13.3 Å². The zero-order chi connectivity index (χ0) is 12.8. The molecule has 0 saturated carbocycles. The van der Waals surface area contributed by atoms with Crippen LogP contribution in [-0.2, 0) is 17.6 Å². The van der Waals surface area contributed by atoms with Crippen molar-refractivity contribution >= 4 is 0 Å². The lowest BCUT2D eigenvalue weighted by Gasteiger charge is -2.06. The van der Waals surface area contributed by atoms with Crippen molar-refractivity contribution < 1.29 is 13.5 Å². The lowest BCUT2D eigenvalue weighted by Crippen LogP contribution is -2.19. The van der Waals surface area contributed by atoms with Crippen LogP contribution in [0, 0.1) is 6.92 Å². The van der Waals surface area contributed by atoms with Crippen LogP contribution in [0.3, 0.4) is 0 Å². The van der Waals surface area contributed by atoms with Crippen LogP contribution >= 0.6 is 0 Å². The minimum atomic E-state index is -2.47. The Morgan fingerprint density at radius 2 is 2.18 bits per heavy atom. The quantitative estimate of drug-likeness (QED) is 0.773. The molecular formula is C11H16F2N2O2. The van der Waals surface area contributed by atoms with E-state index in [4.69, 9.17) is 4.74 Å². The first-order valence-electron chi connectivity index (χ1n) is 5.49. The van der Waals surface area contributed by atoms with Gasteiger partial charge in [-0.25, -0.2) is 13.8 Å². The number of nitrogens with one attached hydrogen (secondary N) is 1. The van der Waals surface area contributed by atoms with Crippen molar-refractivity contribution in [2.24, 2.45) is 0 Å². The Morgan fingerprint density at radius 3 is 2.71 bits per heavy atom. The van der Waals surface area contributed by atoms with Gasteiger partial charge in [0.25, 0.3) is 12.0 Å². The highest BCUT2D eigenvalue weighted by atomic mass is 19.3. The number of halogens is 2. The molecule has 0 aliphatic carbocycles. The summed E-state index contributed by atoms with van der Waals surface area (Å²) in [5.41, 5.74) is 1.17. The van der Waals surface area contributed by atoms with Crippen molar-refractivity contribution in [2.75, 3.05) is 13.2 Å². The van der Waals surface area contributed by atoms with E-state index in [2.05, 4.69) is 9.97 Å². The van der Waals surface area contributed by atoms with Gasteiger partial charge in [0, 0.05) is 17.7 Å². The molecule has 0 unspecified atom stereocenters. The van der Waals surface area contributed by atoms with E-state index in [1.807, 2.05) is 6.92 Å². The molecule has 0 amide bonds. The average molecular weight is 246 g/mol. The largest absolute Gasteiger partial charge is 0.375 e. The van der Waals surface area contributed by atoms with E-state index in [0.29, 0.717) is 29.9 Å². The molecule has 1 rings (SSSR count). The second-order valence-electron chi connectivity index (χ2n) is 3.65. The summed E-state index contributed by atoms with van der Waals surface area (Å²) in [5, 5.41) is 0. The van der Waals surface area contributed by atoms with Crippen molar-refractivity contribution in [1.29, 1.82) is 0 Å². The highest BCUT2D eigenvalue weighted by molar-refractivity contribution is 5.16. The van der Waals surface area contributed by atoms with Crippen LogP contribution in [0.5, 0.6) is 0 Å². The highest BCUT2D eigenvalue weighted by Gasteiger charge is 2.07. The van der Waals surface area contributed by atoms with Gasteiger partial charge in [0.1, 0.15) is 12.4 Å². The fourth-order valence-electron chi connectivity index (χ4n) is 1.54. The maximum absolute atomic E-state index is 11.8. The summed E-state index contributed by atoms with van der Waals surface area (Å²) in [7, 11) is 0. The SMILES string of the molecule is CCc1c(C)nc(CCOCC(F)F)[nH]c1=O. The van der Waals surface area contributed by atoms with Gasteiger partial charge in [0.05, 0.1) is 6.61 Å². The number of ether oxygens (including phenoxy) is 1. The van der Waals surface area contributed by atoms with E-state index in [1.54, 1.807) is 6.92 Å². The number of aryl methyl sites for hydroxylation is 1. The van der Waals surface area contributed by atoms with Crippen LogP contribution in [0.4, 0.5) is 8.78 Å².